The van der Waals surface area contributed by atoms with E-state index in [2.05, 4.69) is 13.8 Å². The van der Waals surface area contributed by atoms with Crippen LogP contribution in [-0.2, 0) is 14.8 Å². The summed E-state index contributed by atoms with van der Waals surface area (Å²) in [6.07, 6.45) is 3.92. The van der Waals surface area contributed by atoms with E-state index in [1.165, 1.54) is 0 Å². The molecule has 1 amide bonds. The van der Waals surface area contributed by atoms with Gasteiger partial charge in [0.1, 0.15) is 0 Å². The van der Waals surface area contributed by atoms with E-state index in [9.17, 15) is 13.2 Å². The Hall–Kier alpha value is -0.550. The molecule has 3 rings (SSSR count). The lowest BCUT2D eigenvalue weighted by atomic mass is 9.69. The van der Waals surface area contributed by atoms with Gasteiger partial charge in [0, 0.05) is 17.0 Å². The fraction of sp³-hybridized carbons (Fsp3) is 0.769. The molecular formula is C13H18ClNO3S. The number of sulfonamides is 1. The van der Waals surface area contributed by atoms with Crippen molar-refractivity contribution < 1.29 is 13.2 Å². The highest BCUT2D eigenvalue weighted by atomic mass is 35.5. The van der Waals surface area contributed by atoms with Crippen LogP contribution in [-0.4, -0.2) is 30.4 Å². The molecule has 106 valence electrons. The van der Waals surface area contributed by atoms with E-state index >= 15 is 0 Å². The zero-order valence-electron chi connectivity index (χ0n) is 11.1. The van der Waals surface area contributed by atoms with Gasteiger partial charge in [0.05, 0.1) is 11.8 Å². The minimum atomic E-state index is -3.51. The van der Waals surface area contributed by atoms with Crippen molar-refractivity contribution >= 4 is 27.5 Å². The van der Waals surface area contributed by atoms with E-state index in [0.29, 0.717) is 5.92 Å². The van der Waals surface area contributed by atoms with Gasteiger partial charge in [0.25, 0.3) is 5.91 Å². The summed E-state index contributed by atoms with van der Waals surface area (Å²) in [5.41, 5.74) is 0.817. The zero-order chi connectivity index (χ0) is 14.1. The number of rotatable bonds is 1. The smallest absolute Gasteiger partial charge is 0.261 e. The van der Waals surface area contributed by atoms with Crippen LogP contribution < -0.4 is 0 Å². The van der Waals surface area contributed by atoms with Crippen molar-refractivity contribution in [2.75, 3.05) is 5.75 Å². The lowest BCUT2D eigenvalue weighted by molar-refractivity contribution is -0.124. The van der Waals surface area contributed by atoms with Crippen LogP contribution in [0.5, 0.6) is 0 Å². The molecule has 2 aliphatic carbocycles. The highest BCUT2D eigenvalue weighted by Crippen LogP contribution is 2.69. The number of amides is 1. The molecule has 3 aliphatic rings. The fourth-order valence-electron chi connectivity index (χ4n) is 4.71. The van der Waals surface area contributed by atoms with Gasteiger partial charge in [-0.2, -0.15) is 0 Å². The van der Waals surface area contributed by atoms with Crippen molar-refractivity contribution in [2.45, 2.75) is 39.2 Å². The summed E-state index contributed by atoms with van der Waals surface area (Å²) >= 11 is 5.42. The van der Waals surface area contributed by atoms with E-state index in [-0.39, 0.29) is 22.6 Å². The van der Waals surface area contributed by atoms with Gasteiger partial charge in [-0.25, -0.2) is 12.7 Å². The molecule has 3 fully saturated rings. The number of hydrogen-bond donors (Lipinski definition) is 0. The van der Waals surface area contributed by atoms with E-state index in [0.717, 1.165) is 35.2 Å². The predicted molar refractivity (Wildman–Crippen MR) is 73.0 cm³/mol. The van der Waals surface area contributed by atoms with Crippen LogP contribution in [0.2, 0.25) is 0 Å². The van der Waals surface area contributed by atoms with Gasteiger partial charge in [-0.15, -0.1) is 0 Å². The quantitative estimate of drug-likeness (QED) is 0.697. The molecule has 1 aliphatic heterocycles. The largest absolute Gasteiger partial charge is 0.269 e. The third kappa shape index (κ3) is 1.46. The Morgan fingerprint density at radius 2 is 2.11 bits per heavy atom. The Morgan fingerprint density at radius 3 is 2.68 bits per heavy atom. The maximum Gasteiger partial charge on any atom is 0.261 e. The summed E-state index contributed by atoms with van der Waals surface area (Å²) < 4.78 is 25.9. The average Bonchev–Trinajstić information content (AvgIpc) is 2.75. The second kappa shape index (κ2) is 3.76. The molecule has 0 N–H and O–H groups in total. The van der Waals surface area contributed by atoms with Crippen LogP contribution in [0.1, 0.15) is 33.1 Å². The highest BCUT2D eigenvalue weighted by molar-refractivity contribution is 7.90. The summed E-state index contributed by atoms with van der Waals surface area (Å²) in [7, 11) is -3.51. The van der Waals surface area contributed by atoms with Crippen molar-refractivity contribution in [3.63, 3.8) is 0 Å². The Bertz CT molecular complexity index is 568. The molecule has 6 heteroatoms. The first-order valence-corrected chi connectivity index (χ1v) is 8.64. The predicted octanol–water partition coefficient (Wildman–Crippen LogP) is 2.11. The topological polar surface area (TPSA) is 54.5 Å². The van der Waals surface area contributed by atoms with Crippen LogP contribution in [0.25, 0.3) is 0 Å². The number of nitrogens with zero attached hydrogens (tertiary/aromatic N) is 1. The molecule has 2 saturated carbocycles. The van der Waals surface area contributed by atoms with E-state index in [4.69, 9.17) is 11.6 Å². The Balaban J connectivity index is 2.09. The van der Waals surface area contributed by atoms with Crippen molar-refractivity contribution in [3.05, 3.63) is 11.6 Å². The summed E-state index contributed by atoms with van der Waals surface area (Å²) in [4.78, 5) is 12.1. The van der Waals surface area contributed by atoms with Gasteiger partial charge in [-0.3, -0.25) is 4.79 Å². The molecule has 1 heterocycles. The molecule has 3 atom stereocenters. The molecule has 0 aromatic heterocycles. The average molecular weight is 304 g/mol. The molecule has 0 unspecified atom stereocenters. The molecule has 4 nitrogen and oxygen atoms in total. The Labute approximate surface area is 118 Å². The van der Waals surface area contributed by atoms with Crippen molar-refractivity contribution in [3.8, 4) is 0 Å². The summed E-state index contributed by atoms with van der Waals surface area (Å²) in [6, 6.07) is -0.174. The fourth-order valence-corrected chi connectivity index (χ4v) is 7.32. The molecular weight excluding hydrogens is 286 g/mol. The molecule has 1 saturated heterocycles. The molecule has 0 aromatic rings. The maximum absolute atomic E-state index is 12.4. The van der Waals surface area contributed by atoms with Crippen LogP contribution in [0, 0.1) is 16.7 Å². The molecule has 0 aromatic carbocycles. The van der Waals surface area contributed by atoms with Crippen molar-refractivity contribution in [1.29, 1.82) is 0 Å². The van der Waals surface area contributed by atoms with Crippen molar-refractivity contribution in [1.82, 2.24) is 4.31 Å². The van der Waals surface area contributed by atoms with Crippen LogP contribution in [0.3, 0.4) is 0 Å². The first kappa shape index (κ1) is 13.4. The van der Waals surface area contributed by atoms with Gasteiger partial charge in [-0.05, 0) is 30.6 Å². The maximum atomic E-state index is 12.4. The number of halogens is 1. The summed E-state index contributed by atoms with van der Waals surface area (Å²) in [6.45, 7) is 4.32. The van der Waals surface area contributed by atoms with Gasteiger partial charge >= 0.3 is 0 Å². The SMILES string of the molecule is CC1(C)[C@@H]2CC[C@]13CS(=O)(=O)N(C(=O)/C=C/Cl)[C@@H]3C2. The first-order chi connectivity index (χ1) is 8.76. The van der Waals surface area contributed by atoms with E-state index < -0.39 is 15.9 Å². The highest BCUT2D eigenvalue weighted by Gasteiger charge is 2.72. The van der Waals surface area contributed by atoms with Gasteiger partial charge in [-0.1, -0.05) is 25.4 Å². The lowest BCUT2D eigenvalue weighted by Gasteiger charge is -2.36. The van der Waals surface area contributed by atoms with E-state index in [1.54, 1.807) is 0 Å². The standard InChI is InChI=1S/C13H18ClNO3S/c1-12(2)9-3-5-13(12)8-19(17,18)15(10(13)7-9)11(16)4-6-14/h4,6,9-10H,3,5,7-8H2,1-2H3/b6-4+/t9-,10-,13-/m1/s1. The molecule has 19 heavy (non-hydrogen) atoms. The third-order valence-electron chi connectivity index (χ3n) is 5.83. The van der Waals surface area contributed by atoms with Crippen molar-refractivity contribution in [2.24, 2.45) is 16.7 Å². The van der Waals surface area contributed by atoms with Crippen LogP contribution in [0.15, 0.2) is 11.6 Å². The number of carbonyl (C=O) groups excluding carboxylic acids is 1. The van der Waals surface area contributed by atoms with Crippen LogP contribution in [0.4, 0.5) is 0 Å². The summed E-state index contributed by atoms with van der Waals surface area (Å²) in [5, 5.41) is 0. The number of carbonyl (C=O) groups is 1. The van der Waals surface area contributed by atoms with Crippen LogP contribution >= 0.6 is 11.6 Å². The second-order valence-electron chi connectivity index (χ2n) is 6.55. The number of fused-ring (bicyclic) bond motifs is 1. The van der Waals surface area contributed by atoms with Gasteiger partial charge < -0.3 is 0 Å². The zero-order valence-corrected chi connectivity index (χ0v) is 12.7. The minimum absolute atomic E-state index is 0.00948. The minimum Gasteiger partial charge on any atom is -0.269 e. The van der Waals surface area contributed by atoms with E-state index in [1.807, 2.05) is 0 Å². The molecule has 2 bridgehead atoms. The molecule has 1 spiro atoms. The third-order valence-corrected chi connectivity index (χ3v) is 7.87. The Morgan fingerprint density at radius 1 is 1.42 bits per heavy atom. The monoisotopic (exact) mass is 303 g/mol. The first-order valence-electron chi connectivity index (χ1n) is 6.59. The normalized spacial score (nSPS) is 41.9. The molecule has 0 radical (unpaired) electrons. The number of hydrogen-bond acceptors (Lipinski definition) is 3. The van der Waals surface area contributed by atoms with Gasteiger partial charge in [0.15, 0.2) is 0 Å². The summed E-state index contributed by atoms with van der Waals surface area (Å²) in [5.74, 6) is 0.124. The Kier molecular flexibility index (Phi) is 2.66. The van der Waals surface area contributed by atoms with Gasteiger partial charge in [0.2, 0.25) is 10.0 Å². The second-order valence-corrected chi connectivity index (χ2v) is 8.65. The lowest BCUT2D eigenvalue weighted by Crippen LogP contribution is -2.43.